The Labute approximate surface area is 139 Å². The van der Waals surface area contributed by atoms with Crippen molar-refractivity contribution < 1.29 is 18.3 Å². The van der Waals surface area contributed by atoms with Gasteiger partial charge in [0.25, 0.3) is 0 Å². The van der Waals surface area contributed by atoms with Crippen molar-refractivity contribution in [3.63, 3.8) is 0 Å². The Hall–Kier alpha value is -0.950. The molecule has 1 aromatic rings. The molecule has 2 atom stereocenters. The second-order valence-corrected chi connectivity index (χ2v) is 8.94. The van der Waals surface area contributed by atoms with Crippen LogP contribution in [0.5, 0.6) is 0 Å². The maximum atomic E-state index is 12.8. The van der Waals surface area contributed by atoms with Gasteiger partial charge in [-0.25, -0.2) is 13.1 Å². The van der Waals surface area contributed by atoms with E-state index in [1.165, 1.54) is 0 Å². The fourth-order valence-electron chi connectivity index (χ4n) is 3.12. The minimum absolute atomic E-state index is 0.125. The van der Waals surface area contributed by atoms with Gasteiger partial charge in [0.15, 0.2) is 0 Å². The molecular weight excluding hydrogens is 314 g/mol. The van der Waals surface area contributed by atoms with Crippen molar-refractivity contribution in [3.05, 3.63) is 35.4 Å². The zero-order valence-electron chi connectivity index (χ0n) is 14.1. The highest BCUT2D eigenvalue weighted by Gasteiger charge is 2.41. The fourth-order valence-corrected chi connectivity index (χ4v) is 4.91. The Balaban J connectivity index is 2.09. The number of ether oxygens (including phenoxy) is 1. The molecule has 2 N–H and O–H groups in total. The largest absolute Gasteiger partial charge is 0.396 e. The average molecular weight is 341 g/mol. The number of benzene rings is 1. The topological polar surface area (TPSA) is 75.6 Å². The first-order valence-electron chi connectivity index (χ1n) is 8.01. The predicted molar refractivity (Wildman–Crippen MR) is 90.7 cm³/mol. The molecule has 0 heterocycles. The van der Waals surface area contributed by atoms with Gasteiger partial charge in [0.2, 0.25) is 10.0 Å². The fraction of sp³-hybridized carbons (Fsp3) is 0.647. The molecule has 0 unspecified atom stereocenters. The summed E-state index contributed by atoms with van der Waals surface area (Å²) in [6.45, 7) is 4.49. The average Bonchev–Trinajstić information content (AvgIpc) is 2.91. The summed E-state index contributed by atoms with van der Waals surface area (Å²) in [7, 11) is -1.93. The number of sulfonamides is 1. The van der Waals surface area contributed by atoms with Crippen LogP contribution in [0.15, 0.2) is 24.3 Å². The van der Waals surface area contributed by atoms with Crippen LogP contribution in [0.25, 0.3) is 0 Å². The number of aliphatic hydroxyl groups is 1. The highest BCUT2D eigenvalue weighted by molar-refractivity contribution is 7.90. The highest BCUT2D eigenvalue weighted by atomic mass is 32.2. The second kappa shape index (κ2) is 7.30. The van der Waals surface area contributed by atoms with Crippen LogP contribution in [0.3, 0.4) is 0 Å². The van der Waals surface area contributed by atoms with Gasteiger partial charge in [-0.05, 0) is 35.8 Å². The first-order chi connectivity index (χ1) is 10.8. The van der Waals surface area contributed by atoms with E-state index in [1.807, 2.05) is 38.1 Å². The molecule has 0 fully saturated rings. The van der Waals surface area contributed by atoms with E-state index in [4.69, 9.17) is 9.84 Å². The molecule has 0 bridgehead atoms. The summed E-state index contributed by atoms with van der Waals surface area (Å²) in [4.78, 5) is 0. The minimum Gasteiger partial charge on any atom is -0.396 e. The van der Waals surface area contributed by atoms with Gasteiger partial charge in [0.05, 0.1) is 0 Å². The monoisotopic (exact) mass is 341 g/mol. The summed E-state index contributed by atoms with van der Waals surface area (Å²) in [5, 5.41) is 8.34. The zero-order valence-corrected chi connectivity index (χ0v) is 14.9. The van der Waals surface area contributed by atoms with Crippen LogP contribution in [-0.2, 0) is 21.2 Å². The molecule has 1 aromatic carbocycles. The highest BCUT2D eigenvalue weighted by Crippen LogP contribution is 2.37. The molecule has 0 amide bonds. The summed E-state index contributed by atoms with van der Waals surface area (Å²) >= 11 is 0. The third kappa shape index (κ3) is 4.32. The Kier molecular flexibility index (Phi) is 5.84. The van der Waals surface area contributed by atoms with E-state index >= 15 is 0 Å². The van der Waals surface area contributed by atoms with E-state index in [9.17, 15) is 8.42 Å². The number of hydrogen-bond donors (Lipinski definition) is 2. The second-order valence-electron chi connectivity index (χ2n) is 6.96. The molecule has 0 aromatic heterocycles. The molecule has 1 aliphatic carbocycles. The minimum atomic E-state index is -3.48. The van der Waals surface area contributed by atoms with Crippen LogP contribution in [-0.4, -0.2) is 39.0 Å². The van der Waals surface area contributed by atoms with Gasteiger partial charge >= 0.3 is 0 Å². The Morgan fingerprint density at radius 3 is 2.70 bits per heavy atom. The lowest BCUT2D eigenvalue weighted by Gasteiger charge is -2.27. The Bertz CT molecular complexity index is 627. The van der Waals surface area contributed by atoms with E-state index < -0.39 is 21.4 Å². The lowest BCUT2D eigenvalue weighted by molar-refractivity contribution is 0.107. The van der Waals surface area contributed by atoms with Gasteiger partial charge in [-0.1, -0.05) is 38.1 Å². The molecule has 2 rings (SSSR count). The molecule has 23 heavy (non-hydrogen) atoms. The summed E-state index contributed by atoms with van der Waals surface area (Å²) in [6.07, 6.45) is 1.49. The van der Waals surface area contributed by atoms with Crippen molar-refractivity contribution in [1.29, 1.82) is 0 Å². The number of fused-ring (bicyclic) bond motifs is 1. The summed E-state index contributed by atoms with van der Waals surface area (Å²) in [5.74, 6) is 0. The standard InChI is InChI=1S/C17H27NO4S/c1-17(2,9-6-10-19)12-18-23(20,21)15-11-13-7-4-5-8-14(13)16(15)22-3/h4-5,7-8,15-16,18-19H,6,9-12H2,1-3H3/t15-,16+/m1/s1. The molecule has 5 nitrogen and oxygen atoms in total. The van der Waals surface area contributed by atoms with Gasteiger partial charge in [0.1, 0.15) is 11.4 Å². The van der Waals surface area contributed by atoms with Crippen molar-refractivity contribution in [2.24, 2.45) is 5.41 Å². The number of aliphatic hydroxyl groups excluding tert-OH is 1. The molecular formula is C17H27NO4S. The first kappa shape index (κ1) is 18.4. The predicted octanol–water partition coefficient (Wildman–Crippen LogP) is 2.02. The smallest absolute Gasteiger partial charge is 0.217 e. The molecule has 130 valence electrons. The lowest BCUT2D eigenvalue weighted by atomic mass is 9.88. The van der Waals surface area contributed by atoms with Gasteiger partial charge in [-0.3, -0.25) is 0 Å². The maximum absolute atomic E-state index is 12.8. The van der Waals surface area contributed by atoms with Crippen molar-refractivity contribution >= 4 is 10.0 Å². The molecule has 0 saturated carbocycles. The van der Waals surface area contributed by atoms with Crippen LogP contribution in [0.2, 0.25) is 0 Å². The lowest BCUT2D eigenvalue weighted by Crippen LogP contribution is -2.41. The molecule has 0 radical (unpaired) electrons. The van der Waals surface area contributed by atoms with E-state index in [0.29, 0.717) is 19.4 Å². The Morgan fingerprint density at radius 2 is 2.04 bits per heavy atom. The van der Waals surface area contributed by atoms with Crippen LogP contribution in [0, 0.1) is 5.41 Å². The maximum Gasteiger partial charge on any atom is 0.217 e. The molecule has 6 heteroatoms. The summed E-state index contributed by atoms with van der Waals surface area (Å²) in [5.41, 5.74) is 1.81. The van der Waals surface area contributed by atoms with E-state index in [2.05, 4.69) is 4.72 Å². The molecule has 0 saturated heterocycles. The normalized spacial score (nSPS) is 21.4. The molecule has 0 aliphatic heterocycles. The van der Waals surface area contributed by atoms with E-state index in [-0.39, 0.29) is 12.0 Å². The summed E-state index contributed by atoms with van der Waals surface area (Å²) in [6, 6.07) is 7.73. The van der Waals surface area contributed by atoms with Gasteiger partial charge < -0.3 is 9.84 Å². The Morgan fingerprint density at radius 1 is 1.35 bits per heavy atom. The van der Waals surface area contributed by atoms with Crippen molar-refractivity contribution in [2.45, 2.75) is 44.5 Å². The van der Waals surface area contributed by atoms with E-state index in [1.54, 1.807) is 7.11 Å². The van der Waals surface area contributed by atoms with Crippen molar-refractivity contribution in [2.75, 3.05) is 20.3 Å². The van der Waals surface area contributed by atoms with Crippen LogP contribution in [0.1, 0.15) is 43.9 Å². The van der Waals surface area contributed by atoms with Crippen molar-refractivity contribution in [1.82, 2.24) is 4.72 Å². The number of hydrogen-bond acceptors (Lipinski definition) is 4. The number of methoxy groups -OCH3 is 1. The van der Waals surface area contributed by atoms with Crippen LogP contribution >= 0.6 is 0 Å². The third-order valence-corrected chi connectivity index (χ3v) is 6.29. The first-order valence-corrected chi connectivity index (χ1v) is 9.55. The zero-order chi connectivity index (χ0) is 17.1. The van der Waals surface area contributed by atoms with Crippen LogP contribution in [0.4, 0.5) is 0 Å². The third-order valence-electron chi connectivity index (χ3n) is 4.54. The van der Waals surface area contributed by atoms with Crippen LogP contribution < -0.4 is 4.72 Å². The van der Waals surface area contributed by atoms with Crippen molar-refractivity contribution in [3.8, 4) is 0 Å². The quantitative estimate of drug-likeness (QED) is 0.758. The van der Waals surface area contributed by atoms with Gasteiger partial charge in [-0.15, -0.1) is 0 Å². The van der Waals surface area contributed by atoms with Gasteiger partial charge in [0, 0.05) is 20.3 Å². The summed E-state index contributed by atoms with van der Waals surface area (Å²) < 4.78 is 33.7. The van der Waals surface area contributed by atoms with Gasteiger partial charge in [-0.2, -0.15) is 0 Å². The number of nitrogens with one attached hydrogen (secondary N) is 1. The molecule has 0 spiro atoms. The molecule has 1 aliphatic rings. The number of rotatable bonds is 8. The van der Waals surface area contributed by atoms with E-state index in [0.717, 1.165) is 17.5 Å². The SMILES string of the molecule is CO[C@H]1c2ccccc2C[C@H]1S(=O)(=O)NCC(C)(C)CCCO.